The largest absolute Gasteiger partial charge is 0.357 e. The Bertz CT molecular complexity index is 602. The van der Waals surface area contributed by atoms with Crippen LogP contribution in [-0.4, -0.2) is 74.9 Å². The predicted molar refractivity (Wildman–Crippen MR) is 130 cm³/mol. The standard InChI is InChI=1S/C20H34FN5S.HI/c1-4-22-20(23-8-11-26-10-5-9-25(2)12-13-26)24-15-17-6-7-19(21)14-18(17)16-27-3;/h6-7,14H,4-5,8-13,15-16H2,1-3H3,(H2,22,23,24);1H. The highest BCUT2D eigenvalue weighted by Crippen LogP contribution is 2.17. The first-order valence-corrected chi connectivity index (χ1v) is 11.2. The molecule has 2 rings (SSSR count). The van der Waals surface area contributed by atoms with E-state index in [1.54, 1.807) is 17.8 Å². The van der Waals surface area contributed by atoms with Crippen molar-refractivity contribution >= 4 is 41.7 Å². The summed E-state index contributed by atoms with van der Waals surface area (Å²) in [5.41, 5.74) is 2.11. The van der Waals surface area contributed by atoms with Gasteiger partial charge in [0.15, 0.2) is 5.96 Å². The van der Waals surface area contributed by atoms with Gasteiger partial charge >= 0.3 is 0 Å². The molecule has 0 aliphatic carbocycles. The lowest BCUT2D eigenvalue weighted by Crippen LogP contribution is -2.42. The molecule has 0 amide bonds. The van der Waals surface area contributed by atoms with Crippen molar-refractivity contribution in [3.63, 3.8) is 0 Å². The molecule has 28 heavy (non-hydrogen) atoms. The van der Waals surface area contributed by atoms with E-state index in [1.165, 1.54) is 19.0 Å². The Morgan fingerprint density at radius 3 is 2.75 bits per heavy atom. The van der Waals surface area contributed by atoms with E-state index in [4.69, 9.17) is 4.99 Å². The number of nitrogens with one attached hydrogen (secondary N) is 2. The highest BCUT2D eigenvalue weighted by molar-refractivity contribution is 14.0. The summed E-state index contributed by atoms with van der Waals surface area (Å²) in [6, 6.07) is 4.99. The Labute approximate surface area is 190 Å². The van der Waals surface area contributed by atoms with Crippen molar-refractivity contribution in [2.45, 2.75) is 25.6 Å². The third-order valence-corrected chi connectivity index (χ3v) is 5.35. The van der Waals surface area contributed by atoms with Gasteiger partial charge in [-0.15, -0.1) is 24.0 Å². The van der Waals surface area contributed by atoms with Gasteiger partial charge in [0.1, 0.15) is 5.82 Å². The first kappa shape index (κ1) is 25.5. The van der Waals surface area contributed by atoms with Crippen LogP contribution in [0.3, 0.4) is 0 Å². The van der Waals surface area contributed by atoms with Crippen molar-refractivity contribution in [2.24, 2.45) is 4.99 Å². The zero-order valence-electron chi connectivity index (χ0n) is 17.3. The van der Waals surface area contributed by atoms with Crippen LogP contribution in [0.2, 0.25) is 0 Å². The van der Waals surface area contributed by atoms with Crippen LogP contribution in [0.25, 0.3) is 0 Å². The number of likely N-dealkylation sites (N-methyl/N-ethyl adjacent to an activating group) is 1. The molecule has 1 fully saturated rings. The molecule has 0 spiro atoms. The monoisotopic (exact) mass is 523 g/mol. The van der Waals surface area contributed by atoms with E-state index in [1.807, 2.05) is 12.3 Å². The van der Waals surface area contributed by atoms with Gasteiger partial charge in [0.05, 0.1) is 6.54 Å². The van der Waals surface area contributed by atoms with E-state index < -0.39 is 0 Å². The SMILES string of the molecule is CCNC(=NCc1ccc(F)cc1CSC)NCCN1CCCN(C)CC1.I. The lowest BCUT2D eigenvalue weighted by molar-refractivity contribution is 0.280. The lowest BCUT2D eigenvalue weighted by atomic mass is 10.1. The van der Waals surface area contributed by atoms with Crippen molar-refractivity contribution in [2.75, 3.05) is 59.1 Å². The molecular formula is C20H35FIN5S. The van der Waals surface area contributed by atoms with Crippen LogP contribution in [0.5, 0.6) is 0 Å². The minimum Gasteiger partial charge on any atom is -0.357 e. The Balaban J connectivity index is 0.00000392. The summed E-state index contributed by atoms with van der Waals surface area (Å²) < 4.78 is 13.5. The van der Waals surface area contributed by atoms with E-state index in [-0.39, 0.29) is 29.8 Å². The molecule has 0 aromatic heterocycles. The highest BCUT2D eigenvalue weighted by atomic mass is 127. The summed E-state index contributed by atoms with van der Waals surface area (Å²) in [6.45, 7) is 9.94. The van der Waals surface area contributed by atoms with Gasteiger partial charge in [-0.3, -0.25) is 0 Å². The zero-order chi connectivity index (χ0) is 19.5. The molecule has 1 aromatic rings. The van der Waals surface area contributed by atoms with Crippen LogP contribution in [0.15, 0.2) is 23.2 Å². The Morgan fingerprint density at radius 1 is 1.18 bits per heavy atom. The van der Waals surface area contributed by atoms with Crippen LogP contribution in [0.4, 0.5) is 4.39 Å². The third-order valence-electron chi connectivity index (χ3n) is 4.75. The number of guanidine groups is 1. The van der Waals surface area contributed by atoms with Crippen molar-refractivity contribution in [3.8, 4) is 0 Å². The van der Waals surface area contributed by atoms with E-state index in [0.29, 0.717) is 6.54 Å². The second-order valence-corrected chi connectivity index (χ2v) is 7.83. The maximum atomic E-state index is 13.5. The van der Waals surface area contributed by atoms with Gasteiger partial charge in [-0.1, -0.05) is 6.07 Å². The molecule has 1 heterocycles. The minimum absolute atomic E-state index is 0. The lowest BCUT2D eigenvalue weighted by Gasteiger charge is -2.21. The van der Waals surface area contributed by atoms with E-state index in [0.717, 1.165) is 62.1 Å². The van der Waals surface area contributed by atoms with Crippen LogP contribution in [0.1, 0.15) is 24.5 Å². The van der Waals surface area contributed by atoms with Crippen LogP contribution >= 0.6 is 35.7 Å². The third kappa shape index (κ3) is 9.28. The summed E-state index contributed by atoms with van der Waals surface area (Å²) in [4.78, 5) is 9.61. The fourth-order valence-electron chi connectivity index (χ4n) is 3.20. The number of halogens is 2. The second-order valence-electron chi connectivity index (χ2n) is 6.97. The van der Waals surface area contributed by atoms with Gasteiger partial charge in [0, 0.05) is 38.5 Å². The molecule has 1 aliphatic rings. The average Bonchev–Trinajstić information content (AvgIpc) is 2.85. The van der Waals surface area contributed by atoms with Crippen molar-refractivity contribution in [3.05, 3.63) is 35.1 Å². The maximum Gasteiger partial charge on any atom is 0.191 e. The van der Waals surface area contributed by atoms with Crippen LogP contribution in [0, 0.1) is 5.82 Å². The van der Waals surface area contributed by atoms with Gasteiger partial charge in [0.25, 0.3) is 0 Å². The Hall–Kier alpha value is -0.580. The quantitative estimate of drug-likeness (QED) is 0.312. The molecule has 2 N–H and O–H groups in total. The van der Waals surface area contributed by atoms with Gasteiger partial charge in [0.2, 0.25) is 0 Å². The number of hydrogen-bond donors (Lipinski definition) is 2. The van der Waals surface area contributed by atoms with Gasteiger partial charge in [-0.05, 0) is 63.0 Å². The van der Waals surface area contributed by atoms with Crippen molar-refractivity contribution < 1.29 is 4.39 Å². The Morgan fingerprint density at radius 2 is 2.00 bits per heavy atom. The molecule has 1 saturated heterocycles. The predicted octanol–water partition coefficient (Wildman–Crippen LogP) is 3.00. The van der Waals surface area contributed by atoms with E-state index >= 15 is 0 Å². The van der Waals surface area contributed by atoms with Gasteiger partial charge < -0.3 is 20.4 Å². The number of rotatable bonds is 8. The second kappa shape index (κ2) is 14.4. The molecule has 0 radical (unpaired) electrons. The van der Waals surface area contributed by atoms with Gasteiger partial charge in [-0.2, -0.15) is 11.8 Å². The molecule has 0 bridgehead atoms. The summed E-state index contributed by atoms with van der Waals surface area (Å²) in [5.74, 6) is 1.44. The average molecular weight is 524 g/mol. The summed E-state index contributed by atoms with van der Waals surface area (Å²) >= 11 is 1.70. The van der Waals surface area contributed by atoms with E-state index in [9.17, 15) is 4.39 Å². The summed E-state index contributed by atoms with van der Waals surface area (Å²) in [6.07, 6.45) is 3.26. The molecule has 0 unspecified atom stereocenters. The Kier molecular flexibility index (Phi) is 13.1. The number of aliphatic imine (C=N–C) groups is 1. The van der Waals surface area contributed by atoms with Crippen molar-refractivity contribution in [1.29, 1.82) is 0 Å². The highest BCUT2D eigenvalue weighted by Gasteiger charge is 2.11. The topological polar surface area (TPSA) is 42.9 Å². The number of thioether (sulfide) groups is 1. The van der Waals surface area contributed by atoms with E-state index in [2.05, 4.69) is 34.4 Å². The molecule has 0 atom stereocenters. The molecule has 160 valence electrons. The number of nitrogens with zero attached hydrogens (tertiary/aromatic N) is 3. The smallest absolute Gasteiger partial charge is 0.191 e. The fourth-order valence-corrected chi connectivity index (χ4v) is 3.78. The van der Waals surface area contributed by atoms with Crippen LogP contribution < -0.4 is 10.6 Å². The molecule has 0 saturated carbocycles. The number of benzene rings is 1. The molecular weight excluding hydrogens is 488 g/mol. The maximum absolute atomic E-state index is 13.5. The summed E-state index contributed by atoms with van der Waals surface area (Å²) in [7, 11) is 2.19. The molecule has 5 nitrogen and oxygen atoms in total. The van der Waals surface area contributed by atoms with Crippen molar-refractivity contribution in [1.82, 2.24) is 20.4 Å². The molecule has 8 heteroatoms. The first-order chi connectivity index (χ1) is 13.1. The first-order valence-electron chi connectivity index (χ1n) is 9.81. The fraction of sp³-hybridized carbons (Fsp3) is 0.650. The summed E-state index contributed by atoms with van der Waals surface area (Å²) in [5, 5.41) is 6.74. The zero-order valence-corrected chi connectivity index (χ0v) is 20.5. The van der Waals surface area contributed by atoms with Crippen LogP contribution in [-0.2, 0) is 12.3 Å². The molecule has 1 aromatic carbocycles. The normalized spacial score (nSPS) is 16.4. The number of hydrogen-bond acceptors (Lipinski definition) is 4. The minimum atomic E-state index is -0.181. The molecule has 1 aliphatic heterocycles. The van der Waals surface area contributed by atoms with Gasteiger partial charge in [-0.25, -0.2) is 9.38 Å².